The molecule has 2 aliphatic rings. The van der Waals surface area contributed by atoms with E-state index in [-0.39, 0.29) is 18.2 Å². The highest BCUT2D eigenvalue weighted by atomic mass is 16.4. The molecule has 1 aromatic carbocycles. The number of fused-ring (bicyclic) bond motifs is 1. The number of anilines is 1. The quantitative estimate of drug-likeness (QED) is 0.886. The van der Waals surface area contributed by atoms with E-state index < -0.39 is 5.97 Å². The maximum atomic E-state index is 11.7. The highest BCUT2D eigenvalue weighted by Crippen LogP contribution is 2.49. The Balaban J connectivity index is 2.11. The van der Waals surface area contributed by atoms with Gasteiger partial charge in [-0.15, -0.1) is 0 Å². The standard InChI is InChI=1S/C16H19NO3/c1-8-5-11-6-13(18)17-16(11)15(9(8)2)12(7-14(19)20)10-3-4-10/h5,10,12H,3-4,6-7H2,1-2H3,(H,17,18)(H,19,20). The summed E-state index contributed by atoms with van der Waals surface area (Å²) in [5, 5.41) is 12.1. The van der Waals surface area contributed by atoms with Crippen LogP contribution < -0.4 is 5.32 Å². The normalized spacial score (nSPS) is 18.6. The van der Waals surface area contributed by atoms with Crippen LogP contribution in [0, 0.1) is 19.8 Å². The molecule has 3 rings (SSSR count). The van der Waals surface area contributed by atoms with Gasteiger partial charge in [0.2, 0.25) is 5.91 Å². The minimum absolute atomic E-state index is 0.0103. The molecule has 1 heterocycles. The summed E-state index contributed by atoms with van der Waals surface area (Å²) in [4.78, 5) is 22.9. The lowest BCUT2D eigenvalue weighted by molar-refractivity contribution is -0.137. The molecular weight excluding hydrogens is 254 g/mol. The summed E-state index contributed by atoms with van der Waals surface area (Å²) < 4.78 is 0. The van der Waals surface area contributed by atoms with Gasteiger partial charge in [-0.2, -0.15) is 0 Å². The zero-order valence-electron chi connectivity index (χ0n) is 11.8. The van der Waals surface area contributed by atoms with Crippen LogP contribution >= 0.6 is 0 Å². The largest absolute Gasteiger partial charge is 0.481 e. The summed E-state index contributed by atoms with van der Waals surface area (Å²) in [5.41, 5.74) is 5.24. The van der Waals surface area contributed by atoms with Crippen LogP contribution in [-0.4, -0.2) is 17.0 Å². The molecule has 0 spiro atoms. The number of carbonyl (C=O) groups is 2. The zero-order chi connectivity index (χ0) is 14.4. The summed E-state index contributed by atoms with van der Waals surface area (Å²) in [6.07, 6.45) is 2.74. The molecule has 1 atom stereocenters. The zero-order valence-corrected chi connectivity index (χ0v) is 11.8. The van der Waals surface area contributed by atoms with E-state index in [0.29, 0.717) is 12.3 Å². The number of aliphatic carboxylic acids is 1. The van der Waals surface area contributed by atoms with Crippen LogP contribution in [0.4, 0.5) is 5.69 Å². The van der Waals surface area contributed by atoms with Gasteiger partial charge in [-0.1, -0.05) is 6.07 Å². The molecule has 2 N–H and O–H groups in total. The summed E-state index contributed by atoms with van der Waals surface area (Å²) in [6.45, 7) is 4.07. The first-order valence-corrected chi connectivity index (χ1v) is 7.12. The number of amides is 1. The molecule has 0 radical (unpaired) electrons. The molecule has 0 bridgehead atoms. The minimum atomic E-state index is -0.763. The lowest BCUT2D eigenvalue weighted by Gasteiger charge is -2.22. The number of rotatable bonds is 4. The molecule has 4 nitrogen and oxygen atoms in total. The van der Waals surface area contributed by atoms with Crippen molar-refractivity contribution in [1.29, 1.82) is 0 Å². The number of nitrogens with one attached hydrogen (secondary N) is 1. The third-order valence-electron chi connectivity index (χ3n) is 4.55. The van der Waals surface area contributed by atoms with Gasteiger partial charge in [0.15, 0.2) is 0 Å². The van der Waals surface area contributed by atoms with Crippen LogP contribution in [0.3, 0.4) is 0 Å². The summed E-state index contributed by atoms with van der Waals surface area (Å²) >= 11 is 0. The summed E-state index contributed by atoms with van der Waals surface area (Å²) in [6, 6.07) is 2.05. The highest BCUT2D eigenvalue weighted by molar-refractivity contribution is 6.00. The van der Waals surface area contributed by atoms with Gasteiger partial charge in [-0.05, 0) is 60.8 Å². The van der Waals surface area contributed by atoms with Gasteiger partial charge in [-0.3, -0.25) is 9.59 Å². The number of carboxylic acid groups (broad SMARTS) is 1. The van der Waals surface area contributed by atoms with E-state index >= 15 is 0 Å². The molecule has 106 valence electrons. The fraction of sp³-hybridized carbons (Fsp3) is 0.500. The van der Waals surface area contributed by atoms with Crippen molar-refractivity contribution >= 4 is 17.6 Å². The van der Waals surface area contributed by atoms with Gasteiger partial charge >= 0.3 is 5.97 Å². The van der Waals surface area contributed by atoms with Crippen molar-refractivity contribution in [3.05, 3.63) is 28.3 Å². The fourth-order valence-electron chi connectivity index (χ4n) is 3.31. The first kappa shape index (κ1) is 13.2. The Morgan fingerprint density at radius 1 is 1.45 bits per heavy atom. The van der Waals surface area contributed by atoms with Crippen LogP contribution in [0.1, 0.15) is 47.4 Å². The van der Waals surface area contributed by atoms with E-state index in [1.165, 1.54) is 0 Å². The summed E-state index contributed by atoms with van der Waals surface area (Å²) in [7, 11) is 0. The van der Waals surface area contributed by atoms with Gasteiger partial charge in [0, 0.05) is 5.69 Å². The van der Waals surface area contributed by atoms with Gasteiger partial charge in [0.25, 0.3) is 0 Å². The Morgan fingerprint density at radius 3 is 2.75 bits per heavy atom. The Hall–Kier alpha value is -1.84. The molecule has 1 saturated carbocycles. The average molecular weight is 273 g/mol. The van der Waals surface area contributed by atoms with Gasteiger partial charge in [0.05, 0.1) is 12.8 Å². The van der Waals surface area contributed by atoms with E-state index in [2.05, 4.69) is 11.4 Å². The predicted octanol–water partition coefficient (Wildman–Crippen LogP) is 2.77. The molecule has 1 aromatic rings. The lowest BCUT2D eigenvalue weighted by Crippen LogP contribution is -2.13. The fourth-order valence-corrected chi connectivity index (χ4v) is 3.31. The first-order chi connectivity index (χ1) is 9.47. The SMILES string of the molecule is Cc1cc2c(c(C(CC(=O)O)C3CC3)c1C)NC(=O)C2. The molecular formula is C16H19NO3. The minimum Gasteiger partial charge on any atom is -0.481 e. The highest BCUT2D eigenvalue weighted by Gasteiger charge is 2.38. The maximum Gasteiger partial charge on any atom is 0.303 e. The van der Waals surface area contributed by atoms with E-state index in [1.807, 2.05) is 13.8 Å². The molecule has 1 aliphatic carbocycles. The van der Waals surface area contributed by atoms with Crippen LogP contribution in [0.5, 0.6) is 0 Å². The van der Waals surface area contributed by atoms with E-state index in [9.17, 15) is 14.7 Å². The van der Waals surface area contributed by atoms with Crippen LogP contribution in [-0.2, 0) is 16.0 Å². The number of benzene rings is 1. The smallest absolute Gasteiger partial charge is 0.303 e. The number of carbonyl (C=O) groups excluding carboxylic acids is 1. The molecule has 0 saturated heterocycles. The Kier molecular flexibility index (Phi) is 3.04. The summed E-state index contributed by atoms with van der Waals surface area (Å²) in [5.74, 6) is -0.273. The molecule has 20 heavy (non-hydrogen) atoms. The van der Waals surface area contributed by atoms with Crippen molar-refractivity contribution < 1.29 is 14.7 Å². The Labute approximate surface area is 118 Å². The second-order valence-corrected chi connectivity index (χ2v) is 6.03. The maximum absolute atomic E-state index is 11.7. The molecule has 4 heteroatoms. The third-order valence-corrected chi connectivity index (χ3v) is 4.55. The lowest BCUT2D eigenvalue weighted by atomic mass is 9.84. The van der Waals surface area contributed by atoms with E-state index in [1.54, 1.807) is 0 Å². The first-order valence-electron chi connectivity index (χ1n) is 7.12. The monoisotopic (exact) mass is 273 g/mol. The van der Waals surface area contributed by atoms with Crippen molar-refractivity contribution in [2.45, 2.75) is 45.4 Å². The second kappa shape index (κ2) is 4.62. The number of hydrogen-bond donors (Lipinski definition) is 2. The van der Waals surface area contributed by atoms with Gasteiger partial charge in [-0.25, -0.2) is 0 Å². The molecule has 0 aromatic heterocycles. The molecule has 1 unspecified atom stereocenters. The van der Waals surface area contributed by atoms with Gasteiger partial charge < -0.3 is 10.4 Å². The van der Waals surface area contributed by atoms with Crippen molar-refractivity contribution in [1.82, 2.24) is 0 Å². The third kappa shape index (κ3) is 2.19. The van der Waals surface area contributed by atoms with Crippen molar-refractivity contribution in [2.75, 3.05) is 5.32 Å². The average Bonchev–Trinajstić information content (AvgIpc) is 3.12. The number of hydrogen-bond acceptors (Lipinski definition) is 2. The molecule has 1 fully saturated rings. The van der Waals surface area contributed by atoms with Crippen LogP contribution in [0.15, 0.2) is 6.07 Å². The van der Waals surface area contributed by atoms with Crippen molar-refractivity contribution in [3.8, 4) is 0 Å². The predicted molar refractivity (Wildman–Crippen MR) is 76.0 cm³/mol. The number of aryl methyl sites for hydroxylation is 1. The van der Waals surface area contributed by atoms with E-state index in [4.69, 9.17) is 0 Å². The molecule has 1 aliphatic heterocycles. The number of carboxylic acids is 1. The Morgan fingerprint density at radius 2 is 2.15 bits per heavy atom. The van der Waals surface area contributed by atoms with Crippen molar-refractivity contribution in [3.63, 3.8) is 0 Å². The second-order valence-electron chi connectivity index (χ2n) is 6.03. The van der Waals surface area contributed by atoms with Crippen LogP contribution in [0.2, 0.25) is 0 Å². The van der Waals surface area contributed by atoms with Crippen LogP contribution in [0.25, 0.3) is 0 Å². The Bertz CT molecular complexity index is 602. The van der Waals surface area contributed by atoms with E-state index in [0.717, 1.165) is 40.8 Å². The van der Waals surface area contributed by atoms with Crippen molar-refractivity contribution in [2.24, 2.45) is 5.92 Å². The molecule has 1 amide bonds. The van der Waals surface area contributed by atoms with Gasteiger partial charge in [0.1, 0.15) is 0 Å². The topological polar surface area (TPSA) is 66.4 Å².